The molecule has 1 aliphatic rings. The summed E-state index contributed by atoms with van der Waals surface area (Å²) in [7, 11) is -3.34. The van der Waals surface area contributed by atoms with Crippen LogP contribution in [-0.2, 0) is 32.2 Å². The quantitative estimate of drug-likeness (QED) is 0.457. The number of nitrogens with zero attached hydrogens (tertiary/aromatic N) is 2. The first kappa shape index (κ1) is 23.9. The summed E-state index contributed by atoms with van der Waals surface area (Å²) in [5.41, 5.74) is 2.89. The largest absolute Gasteiger partial charge is 0.376 e. The van der Waals surface area contributed by atoms with Crippen molar-refractivity contribution in [3.05, 3.63) is 53.6 Å². The molecule has 1 atom stereocenters. The van der Waals surface area contributed by atoms with Crippen molar-refractivity contribution in [2.24, 2.45) is 0 Å². The van der Waals surface area contributed by atoms with Crippen LogP contribution < -0.4 is 4.90 Å². The molecule has 176 valence electrons. The highest BCUT2D eigenvalue weighted by Crippen LogP contribution is 2.32. The van der Waals surface area contributed by atoms with Gasteiger partial charge in [0.05, 0.1) is 39.4 Å². The van der Waals surface area contributed by atoms with Crippen LogP contribution in [0.15, 0.2) is 47.4 Å². The van der Waals surface area contributed by atoms with E-state index in [0.717, 1.165) is 41.6 Å². The summed E-state index contributed by atoms with van der Waals surface area (Å²) in [6, 6.07) is 12.8. The van der Waals surface area contributed by atoms with Crippen LogP contribution in [-0.4, -0.2) is 43.8 Å². The third-order valence-corrected chi connectivity index (χ3v) is 9.26. The number of anilines is 1. The van der Waals surface area contributed by atoms with Crippen molar-refractivity contribution in [2.45, 2.75) is 62.7 Å². The highest BCUT2D eigenvalue weighted by Gasteiger charge is 2.27. The van der Waals surface area contributed by atoms with E-state index in [1.54, 1.807) is 43.0 Å². The Kier molecular flexibility index (Phi) is 7.16. The number of hydrogen-bond donors (Lipinski definition) is 0. The van der Waals surface area contributed by atoms with Gasteiger partial charge in [0.25, 0.3) is 0 Å². The maximum atomic E-state index is 13.4. The zero-order chi connectivity index (χ0) is 23.6. The molecule has 0 N–H and O–H groups in total. The van der Waals surface area contributed by atoms with Crippen molar-refractivity contribution in [2.75, 3.05) is 18.1 Å². The van der Waals surface area contributed by atoms with E-state index >= 15 is 0 Å². The lowest BCUT2D eigenvalue weighted by Crippen LogP contribution is -2.38. The third-order valence-electron chi connectivity index (χ3n) is 6.04. The maximum absolute atomic E-state index is 13.4. The minimum absolute atomic E-state index is 0.00479. The number of carbonyl (C=O) groups is 1. The highest BCUT2D eigenvalue weighted by atomic mass is 32.2. The molecule has 8 heteroatoms. The fourth-order valence-corrected chi connectivity index (χ4v) is 6.11. The van der Waals surface area contributed by atoms with Gasteiger partial charge in [0, 0.05) is 6.61 Å². The van der Waals surface area contributed by atoms with E-state index in [0.29, 0.717) is 11.7 Å². The normalized spacial score (nSPS) is 16.5. The molecule has 0 radical (unpaired) electrons. The van der Waals surface area contributed by atoms with Crippen LogP contribution in [0.1, 0.15) is 44.7 Å². The van der Waals surface area contributed by atoms with Gasteiger partial charge in [-0.3, -0.25) is 9.69 Å². The molecule has 1 amide bonds. The number of benzene rings is 2. The fourth-order valence-electron chi connectivity index (χ4n) is 4.01. The van der Waals surface area contributed by atoms with Gasteiger partial charge in [-0.1, -0.05) is 42.5 Å². The molecule has 6 nitrogen and oxygen atoms in total. The Balaban J connectivity index is 1.60. The van der Waals surface area contributed by atoms with Crippen LogP contribution in [0.2, 0.25) is 0 Å². The molecule has 1 fully saturated rings. The van der Waals surface area contributed by atoms with Crippen molar-refractivity contribution in [1.29, 1.82) is 0 Å². The van der Waals surface area contributed by atoms with Gasteiger partial charge in [-0.15, -0.1) is 0 Å². The van der Waals surface area contributed by atoms with Crippen molar-refractivity contribution in [3.8, 4) is 0 Å². The number of para-hydroxylation sites is 1. The number of amides is 1. The number of hydrogen-bond acceptors (Lipinski definition) is 6. The number of carbonyl (C=O) groups excluding carboxylic acids is 1. The Morgan fingerprint density at radius 3 is 2.61 bits per heavy atom. The van der Waals surface area contributed by atoms with Crippen LogP contribution in [0.5, 0.6) is 0 Å². The van der Waals surface area contributed by atoms with Gasteiger partial charge >= 0.3 is 0 Å². The van der Waals surface area contributed by atoms with E-state index in [4.69, 9.17) is 9.72 Å². The average Bonchev–Trinajstić information content (AvgIpc) is 3.47. The molecule has 1 aromatic heterocycles. The molecule has 2 heterocycles. The summed E-state index contributed by atoms with van der Waals surface area (Å²) in [4.78, 5) is 20.3. The molecule has 1 unspecified atom stereocenters. The van der Waals surface area contributed by atoms with E-state index in [-0.39, 0.29) is 23.3 Å². The predicted molar refractivity (Wildman–Crippen MR) is 133 cm³/mol. The van der Waals surface area contributed by atoms with Gasteiger partial charge in [0.15, 0.2) is 15.0 Å². The number of aromatic nitrogens is 1. The van der Waals surface area contributed by atoms with E-state index in [1.807, 2.05) is 12.1 Å². The Morgan fingerprint density at radius 2 is 1.97 bits per heavy atom. The van der Waals surface area contributed by atoms with E-state index < -0.39 is 15.1 Å². The average molecular weight is 487 g/mol. The van der Waals surface area contributed by atoms with Crippen molar-refractivity contribution < 1.29 is 17.9 Å². The lowest BCUT2D eigenvalue weighted by molar-refractivity contribution is -0.118. The lowest BCUT2D eigenvalue weighted by Gasteiger charge is -2.23. The first-order chi connectivity index (χ1) is 15.8. The smallest absolute Gasteiger partial charge is 0.233 e. The Bertz CT molecular complexity index is 1230. The minimum Gasteiger partial charge on any atom is -0.376 e. The second-order valence-electron chi connectivity index (χ2n) is 8.67. The van der Waals surface area contributed by atoms with Gasteiger partial charge in [0.2, 0.25) is 5.91 Å². The monoisotopic (exact) mass is 486 g/mol. The van der Waals surface area contributed by atoms with E-state index in [9.17, 15) is 13.2 Å². The molecule has 3 aromatic rings. The summed E-state index contributed by atoms with van der Waals surface area (Å²) >= 11 is 1.53. The number of ether oxygens (including phenoxy) is 1. The first-order valence-electron chi connectivity index (χ1n) is 11.4. The maximum Gasteiger partial charge on any atom is 0.233 e. The molecule has 2 aromatic carbocycles. The lowest BCUT2D eigenvalue weighted by atomic mass is 10.1. The van der Waals surface area contributed by atoms with Crippen LogP contribution in [0, 0.1) is 0 Å². The molecule has 0 aliphatic carbocycles. The first-order valence-corrected chi connectivity index (χ1v) is 13.8. The second kappa shape index (κ2) is 9.91. The summed E-state index contributed by atoms with van der Waals surface area (Å²) in [5.74, 6) is -0.0675. The molecule has 0 bridgehead atoms. The van der Waals surface area contributed by atoms with Gasteiger partial charge in [-0.2, -0.15) is 0 Å². The molecule has 1 aliphatic heterocycles. The SMILES string of the molecule is CCc1cccc2sc(N(CC3CCCO3)C(=O)Cc3ccc(S(=O)(=O)C(C)C)cc3)nc12. The van der Waals surface area contributed by atoms with Crippen molar-refractivity contribution in [3.63, 3.8) is 0 Å². The highest BCUT2D eigenvalue weighted by molar-refractivity contribution is 7.92. The standard InChI is InChI=1S/C25H30N2O4S2/c1-4-19-7-5-9-22-24(19)26-25(32-22)27(16-20-8-6-14-31-20)23(28)15-18-10-12-21(13-11-18)33(29,30)17(2)3/h5,7,9-13,17,20H,4,6,8,14-16H2,1-3H3. The van der Waals surface area contributed by atoms with Gasteiger partial charge in [-0.05, 0) is 62.4 Å². The van der Waals surface area contributed by atoms with Crippen LogP contribution in [0.4, 0.5) is 5.13 Å². The number of rotatable bonds is 8. The minimum atomic E-state index is -3.34. The van der Waals surface area contributed by atoms with Crippen LogP contribution in [0.3, 0.4) is 0 Å². The molecular formula is C25H30N2O4S2. The molecule has 1 saturated heterocycles. The van der Waals surface area contributed by atoms with Crippen molar-refractivity contribution in [1.82, 2.24) is 4.98 Å². The predicted octanol–water partition coefficient (Wildman–Crippen LogP) is 4.80. The topological polar surface area (TPSA) is 76.6 Å². The van der Waals surface area contributed by atoms with E-state index in [2.05, 4.69) is 13.0 Å². The number of fused-ring (bicyclic) bond motifs is 1. The molecular weight excluding hydrogens is 456 g/mol. The summed E-state index contributed by atoms with van der Waals surface area (Å²) in [5, 5.41) is 0.198. The summed E-state index contributed by atoms with van der Waals surface area (Å²) < 4.78 is 31.7. The van der Waals surface area contributed by atoms with Crippen LogP contribution >= 0.6 is 11.3 Å². The second-order valence-corrected chi connectivity index (χ2v) is 12.2. The fraction of sp³-hybridized carbons (Fsp3) is 0.440. The van der Waals surface area contributed by atoms with Crippen LogP contribution in [0.25, 0.3) is 10.2 Å². The van der Waals surface area contributed by atoms with Gasteiger partial charge in [0.1, 0.15) is 0 Å². The summed E-state index contributed by atoms with van der Waals surface area (Å²) in [6.45, 7) is 6.62. The summed E-state index contributed by atoms with van der Waals surface area (Å²) in [6.07, 6.45) is 2.98. The van der Waals surface area contributed by atoms with E-state index in [1.165, 1.54) is 16.9 Å². The Hall–Kier alpha value is -2.29. The zero-order valence-corrected chi connectivity index (χ0v) is 20.9. The zero-order valence-electron chi connectivity index (χ0n) is 19.3. The Morgan fingerprint density at radius 1 is 1.21 bits per heavy atom. The Labute approximate surface area is 199 Å². The van der Waals surface area contributed by atoms with Crippen molar-refractivity contribution >= 4 is 42.4 Å². The number of sulfone groups is 1. The van der Waals surface area contributed by atoms with Gasteiger partial charge < -0.3 is 4.74 Å². The molecule has 33 heavy (non-hydrogen) atoms. The number of thiazole rings is 1. The third kappa shape index (κ3) is 5.13. The molecule has 4 rings (SSSR count). The number of aryl methyl sites for hydroxylation is 1. The molecule has 0 spiro atoms. The van der Waals surface area contributed by atoms with Gasteiger partial charge in [-0.25, -0.2) is 13.4 Å². The molecule has 0 saturated carbocycles.